The Bertz CT molecular complexity index is 1300. The predicted octanol–water partition coefficient (Wildman–Crippen LogP) is 3.86. The first-order chi connectivity index (χ1) is 14.9. The smallest absolute Gasteiger partial charge is 0.301 e. The minimum atomic E-state index is -3.52. The maximum absolute atomic E-state index is 12.7. The van der Waals surface area contributed by atoms with Gasteiger partial charge in [0.25, 0.3) is 5.91 Å². The van der Waals surface area contributed by atoms with Gasteiger partial charge in [-0.25, -0.2) is 4.85 Å². The van der Waals surface area contributed by atoms with Crippen molar-refractivity contribution in [3.63, 3.8) is 0 Å². The highest BCUT2D eigenvalue weighted by atomic mass is 35.5. The second kappa shape index (κ2) is 8.35. The van der Waals surface area contributed by atoms with Crippen molar-refractivity contribution in [2.45, 2.75) is 0 Å². The van der Waals surface area contributed by atoms with Crippen molar-refractivity contribution in [1.29, 1.82) is 0 Å². The van der Waals surface area contributed by atoms with Gasteiger partial charge in [-0.3, -0.25) is 14.1 Å². The lowest BCUT2D eigenvalue weighted by atomic mass is 10.1. The Hall–Kier alpha value is -3.45. The van der Waals surface area contributed by atoms with Gasteiger partial charge in [-0.05, 0) is 54.6 Å². The van der Waals surface area contributed by atoms with Crippen LogP contribution < -0.4 is 14.3 Å². The van der Waals surface area contributed by atoms with Gasteiger partial charge < -0.3 is 5.32 Å². The Kier molecular flexibility index (Phi) is 5.61. The number of nitrogens with one attached hydrogen (secondary N) is 2. The lowest BCUT2D eigenvalue weighted by molar-refractivity contribution is 0.102. The molecule has 1 saturated heterocycles. The van der Waals surface area contributed by atoms with E-state index in [2.05, 4.69) is 19.9 Å². The summed E-state index contributed by atoms with van der Waals surface area (Å²) in [5, 5.41) is 3.24. The summed E-state index contributed by atoms with van der Waals surface area (Å²) < 4.78 is 27.6. The van der Waals surface area contributed by atoms with Crippen LogP contribution in [0, 0.1) is 6.57 Å². The molecule has 1 aliphatic rings. The average molecular weight is 454 g/mol. The number of benzene rings is 2. The van der Waals surface area contributed by atoms with Crippen molar-refractivity contribution in [2.24, 2.45) is 0 Å². The number of halogens is 1. The lowest BCUT2D eigenvalue weighted by Gasteiger charge is -2.16. The van der Waals surface area contributed by atoms with Gasteiger partial charge in [0.1, 0.15) is 0 Å². The van der Waals surface area contributed by atoms with E-state index in [4.69, 9.17) is 18.2 Å². The molecule has 1 amide bonds. The minimum Gasteiger partial charge on any atom is -0.322 e. The number of carbonyl (C=O) groups excluding carboxylic acids is 1. The minimum absolute atomic E-state index is 0.337. The molecule has 0 bridgehead atoms. The fourth-order valence-electron chi connectivity index (χ4n) is 3.16. The van der Waals surface area contributed by atoms with Crippen LogP contribution in [0.25, 0.3) is 16.1 Å². The van der Waals surface area contributed by atoms with Crippen LogP contribution in [-0.4, -0.2) is 32.4 Å². The summed E-state index contributed by atoms with van der Waals surface area (Å²) in [7, 11) is -3.52. The SMILES string of the molecule is [C-]#[N+]c1ccnc(-c2cc(NC(=O)c3ccc(N4CCNS4(=O)=O)cc3)ccc2Cl)c1. The molecule has 2 heterocycles. The Balaban J connectivity index is 1.54. The van der Waals surface area contributed by atoms with E-state index in [0.717, 1.165) is 0 Å². The molecule has 1 fully saturated rings. The topological polar surface area (TPSA) is 95.8 Å². The number of pyridine rings is 1. The normalized spacial score (nSPS) is 14.8. The number of rotatable bonds is 4. The zero-order chi connectivity index (χ0) is 22.0. The van der Waals surface area contributed by atoms with Crippen molar-refractivity contribution in [3.8, 4) is 11.3 Å². The Morgan fingerprint density at radius 3 is 2.61 bits per heavy atom. The molecule has 10 heteroatoms. The number of anilines is 2. The van der Waals surface area contributed by atoms with Crippen LogP contribution in [-0.2, 0) is 10.2 Å². The first kappa shape index (κ1) is 20.8. The molecule has 3 aromatic rings. The summed E-state index contributed by atoms with van der Waals surface area (Å²) in [4.78, 5) is 20.3. The summed E-state index contributed by atoms with van der Waals surface area (Å²) in [5.74, 6) is -0.356. The average Bonchev–Trinajstić information content (AvgIpc) is 3.14. The van der Waals surface area contributed by atoms with E-state index in [-0.39, 0.29) is 5.91 Å². The zero-order valence-electron chi connectivity index (χ0n) is 16.0. The molecule has 8 nitrogen and oxygen atoms in total. The highest BCUT2D eigenvalue weighted by molar-refractivity contribution is 7.91. The molecule has 2 N–H and O–H groups in total. The van der Waals surface area contributed by atoms with Crippen LogP contribution in [0.3, 0.4) is 0 Å². The zero-order valence-corrected chi connectivity index (χ0v) is 17.6. The highest BCUT2D eigenvalue weighted by Crippen LogP contribution is 2.31. The number of hydrogen-bond acceptors (Lipinski definition) is 4. The number of nitrogens with zero attached hydrogens (tertiary/aromatic N) is 3. The van der Waals surface area contributed by atoms with E-state index < -0.39 is 10.2 Å². The van der Waals surface area contributed by atoms with E-state index in [1.165, 1.54) is 10.5 Å². The van der Waals surface area contributed by atoms with Crippen molar-refractivity contribution >= 4 is 44.8 Å². The molecular formula is C21H16ClN5O3S. The Morgan fingerprint density at radius 1 is 1.16 bits per heavy atom. The second-order valence-corrected chi connectivity index (χ2v) is 8.77. The molecule has 0 atom stereocenters. The van der Waals surface area contributed by atoms with Gasteiger partial charge in [-0.2, -0.15) is 13.1 Å². The summed E-state index contributed by atoms with van der Waals surface area (Å²) in [6.45, 7) is 7.83. The molecule has 0 spiro atoms. The molecule has 1 aromatic heterocycles. The van der Waals surface area contributed by atoms with E-state index in [1.807, 2.05) is 0 Å². The molecule has 31 heavy (non-hydrogen) atoms. The van der Waals surface area contributed by atoms with Crippen molar-refractivity contribution in [2.75, 3.05) is 22.7 Å². The van der Waals surface area contributed by atoms with Crippen molar-refractivity contribution in [1.82, 2.24) is 9.71 Å². The molecule has 2 aromatic carbocycles. The van der Waals surface area contributed by atoms with Gasteiger partial charge in [0.05, 0.1) is 23.0 Å². The fraction of sp³-hybridized carbons (Fsp3) is 0.0952. The van der Waals surface area contributed by atoms with Crippen LogP contribution in [0.2, 0.25) is 5.02 Å². The third-order valence-electron chi connectivity index (χ3n) is 4.68. The molecule has 0 saturated carbocycles. The summed E-state index contributed by atoms with van der Waals surface area (Å²) in [6.07, 6.45) is 1.53. The first-order valence-electron chi connectivity index (χ1n) is 9.19. The van der Waals surface area contributed by atoms with Gasteiger partial charge in [-0.15, -0.1) is 0 Å². The van der Waals surface area contributed by atoms with Crippen LogP contribution in [0.5, 0.6) is 0 Å². The standard InChI is InChI=1S/C21H16ClN5O3S/c1-23-15-8-9-24-20(13-15)18-12-16(4-7-19(18)22)26-21(28)14-2-5-17(6-3-14)27-11-10-25-31(27,29)30/h2-9,12-13,25H,10-11H2,(H,26,28). The highest BCUT2D eigenvalue weighted by Gasteiger charge is 2.27. The van der Waals surface area contributed by atoms with Gasteiger partial charge in [0.2, 0.25) is 0 Å². The fourth-order valence-corrected chi connectivity index (χ4v) is 4.61. The lowest BCUT2D eigenvalue weighted by Crippen LogP contribution is -2.29. The summed E-state index contributed by atoms with van der Waals surface area (Å²) >= 11 is 6.29. The maximum Gasteiger partial charge on any atom is 0.301 e. The first-order valence-corrected chi connectivity index (χ1v) is 11.0. The van der Waals surface area contributed by atoms with E-state index in [0.29, 0.717) is 52.0 Å². The summed E-state index contributed by atoms with van der Waals surface area (Å²) in [6, 6.07) is 14.5. The van der Waals surface area contributed by atoms with Crippen LogP contribution in [0.15, 0.2) is 60.8 Å². The van der Waals surface area contributed by atoms with Gasteiger partial charge in [0.15, 0.2) is 5.69 Å². The summed E-state index contributed by atoms with van der Waals surface area (Å²) in [5.41, 5.74) is 2.92. The molecule has 1 aliphatic heterocycles. The molecular weight excluding hydrogens is 438 g/mol. The molecule has 0 unspecified atom stereocenters. The maximum atomic E-state index is 12.7. The molecule has 4 rings (SSSR count). The molecule has 0 aliphatic carbocycles. The van der Waals surface area contributed by atoms with E-state index >= 15 is 0 Å². The monoisotopic (exact) mass is 453 g/mol. The molecule has 0 radical (unpaired) electrons. The Morgan fingerprint density at radius 2 is 1.94 bits per heavy atom. The van der Waals surface area contributed by atoms with Gasteiger partial charge >= 0.3 is 10.2 Å². The Labute approximate surface area is 184 Å². The predicted molar refractivity (Wildman–Crippen MR) is 120 cm³/mol. The number of amides is 1. The quantitative estimate of drug-likeness (QED) is 0.586. The van der Waals surface area contributed by atoms with Crippen LogP contribution in [0.4, 0.5) is 17.1 Å². The number of carbonyl (C=O) groups is 1. The van der Waals surface area contributed by atoms with E-state index in [1.54, 1.807) is 54.6 Å². The third kappa shape index (κ3) is 4.36. The van der Waals surface area contributed by atoms with Gasteiger partial charge in [0, 0.05) is 36.1 Å². The number of hydrogen-bond donors (Lipinski definition) is 2. The number of aromatic nitrogens is 1. The third-order valence-corrected chi connectivity index (χ3v) is 6.55. The van der Waals surface area contributed by atoms with E-state index in [9.17, 15) is 13.2 Å². The van der Waals surface area contributed by atoms with Crippen LogP contribution in [0.1, 0.15) is 10.4 Å². The van der Waals surface area contributed by atoms with Crippen molar-refractivity contribution in [3.05, 3.63) is 82.8 Å². The van der Waals surface area contributed by atoms with Crippen molar-refractivity contribution < 1.29 is 13.2 Å². The van der Waals surface area contributed by atoms with Gasteiger partial charge in [-0.1, -0.05) is 11.6 Å². The molecule has 156 valence electrons. The largest absolute Gasteiger partial charge is 0.322 e. The van der Waals surface area contributed by atoms with Crippen LogP contribution >= 0.6 is 11.6 Å². The second-order valence-electron chi connectivity index (χ2n) is 6.68.